The average molecular weight is 330 g/mol. The van der Waals surface area contributed by atoms with Crippen LogP contribution >= 0.6 is 23.2 Å². The highest BCUT2D eigenvalue weighted by Gasteiger charge is 2.34. The lowest BCUT2D eigenvalue weighted by Gasteiger charge is -2.18. The summed E-state index contributed by atoms with van der Waals surface area (Å²) in [5, 5.41) is 12.9. The first-order valence-corrected chi connectivity index (χ1v) is 7.62. The van der Waals surface area contributed by atoms with Crippen LogP contribution in [0.25, 0.3) is 0 Å². The highest BCUT2D eigenvalue weighted by atomic mass is 35.5. The van der Waals surface area contributed by atoms with Crippen molar-refractivity contribution in [3.63, 3.8) is 0 Å². The molecule has 3 atom stereocenters. The Morgan fingerprint density at radius 1 is 1.29 bits per heavy atom. The van der Waals surface area contributed by atoms with Gasteiger partial charge in [0.15, 0.2) is 0 Å². The van der Waals surface area contributed by atoms with E-state index in [4.69, 9.17) is 28.3 Å². The Hall–Kier alpha value is -1.26. The number of carboxylic acid groups (broad SMARTS) is 1. The van der Waals surface area contributed by atoms with Crippen molar-refractivity contribution >= 4 is 35.1 Å². The van der Waals surface area contributed by atoms with Crippen LogP contribution in [0.4, 0.5) is 0 Å². The summed E-state index contributed by atoms with van der Waals surface area (Å²) in [7, 11) is 0. The normalized spacial score (nSPS) is 22.8. The zero-order chi connectivity index (χ0) is 15.6. The Kier molecular flexibility index (Phi) is 5.12. The first kappa shape index (κ1) is 16.1. The molecular weight excluding hydrogens is 313 g/mol. The molecule has 21 heavy (non-hydrogen) atoms. The lowest BCUT2D eigenvalue weighted by atomic mass is 10.0. The van der Waals surface area contributed by atoms with Crippen molar-refractivity contribution in [1.29, 1.82) is 0 Å². The zero-order valence-corrected chi connectivity index (χ0v) is 13.1. The van der Waals surface area contributed by atoms with E-state index in [1.54, 1.807) is 18.2 Å². The number of benzene rings is 1. The Balaban J connectivity index is 1.98. The highest BCUT2D eigenvalue weighted by Crippen LogP contribution is 2.32. The molecule has 0 radical (unpaired) electrons. The molecule has 1 saturated carbocycles. The molecule has 1 aliphatic rings. The molecule has 1 aromatic carbocycles. The Labute approximate surface area is 133 Å². The van der Waals surface area contributed by atoms with Gasteiger partial charge in [-0.05, 0) is 43.9 Å². The van der Waals surface area contributed by atoms with Gasteiger partial charge in [0, 0.05) is 16.0 Å². The molecule has 1 amide bonds. The van der Waals surface area contributed by atoms with Gasteiger partial charge >= 0.3 is 5.97 Å². The minimum absolute atomic E-state index is 0.114. The van der Waals surface area contributed by atoms with Gasteiger partial charge < -0.3 is 10.4 Å². The molecule has 0 saturated heterocycles. The van der Waals surface area contributed by atoms with E-state index in [-0.39, 0.29) is 17.9 Å². The summed E-state index contributed by atoms with van der Waals surface area (Å²) in [6.45, 7) is 1.84. The Bertz CT molecular complexity index is 562. The second-order valence-corrected chi connectivity index (χ2v) is 6.28. The number of hydrogen-bond donors (Lipinski definition) is 2. The molecule has 0 aromatic heterocycles. The van der Waals surface area contributed by atoms with Crippen LogP contribution in [0.1, 0.15) is 37.8 Å². The van der Waals surface area contributed by atoms with Crippen LogP contribution in [-0.2, 0) is 9.59 Å². The molecule has 1 aliphatic carbocycles. The third-order valence-corrected chi connectivity index (χ3v) is 4.50. The van der Waals surface area contributed by atoms with Gasteiger partial charge in [0.25, 0.3) is 0 Å². The maximum absolute atomic E-state index is 12.2. The molecule has 3 unspecified atom stereocenters. The zero-order valence-electron chi connectivity index (χ0n) is 11.6. The second-order valence-electron chi connectivity index (χ2n) is 5.44. The summed E-state index contributed by atoms with van der Waals surface area (Å²) in [4.78, 5) is 23.1. The summed E-state index contributed by atoms with van der Waals surface area (Å²) in [6.07, 6.45) is 1.58. The van der Waals surface area contributed by atoms with Gasteiger partial charge in [-0.1, -0.05) is 29.3 Å². The first-order chi connectivity index (χ1) is 9.88. The maximum Gasteiger partial charge on any atom is 0.306 e. The summed E-state index contributed by atoms with van der Waals surface area (Å²) < 4.78 is 0. The lowest BCUT2D eigenvalue weighted by Crippen LogP contribution is -2.32. The van der Waals surface area contributed by atoms with Crippen molar-refractivity contribution in [2.45, 2.75) is 32.2 Å². The lowest BCUT2D eigenvalue weighted by molar-refractivity contribution is -0.141. The van der Waals surface area contributed by atoms with Crippen LogP contribution in [0.2, 0.25) is 10.0 Å². The number of aliphatic carboxylic acids is 1. The van der Waals surface area contributed by atoms with Crippen molar-refractivity contribution in [3.05, 3.63) is 33.8 Å². The SMILES string of the molecule is CC(NC(=O)C1CCC(C(=O)O)C1)c1ccc(Cl)cc1Cl. The molecule has 6 heteroatoms. The van der Waals surface area contributed by atoms with E-state index < -0.39 is 11.9 Å². The topological polar surface area (TPSA) is 66.4 Å². The summed E-state index contributed by atoms with van der Waals surface area (Å²) in [6, 6.07) is 4.90. The van der Waals surface area contributed by atoms with E-state index in [2.05, 4.69) is 5.32 Å². The van der Waals surface area contributed by atoms with Crippen molar-refractivity contribution in [2.24, 2.45) is 11.8 Å². The highest BCUT2D eigenvalue weighted by molar-refractivity contribution is 6.35. The van der Waals surface area contributed by atoms with E-state index in [1.165, 1.54) is 0 Å². The van der Waals surface area contributed by atoms with Gasteiger partial charge in [0.2, 0.25) is 5.91 Å². The van der Waals surface area contributed by atoms with Crippen LogP contribution in [0.3, 0.4) is 0 Å². The molecule has 1 aromatic rings. The van der Waals surface area contributed by atoms with Crippen LogP contribution in [0.5, 0.6) is 0 Å². The van der Waals surface area contributed by atoms with E-state index in [9.17, 15) is 9.59 Å². The molecular formula is C15H17Cl2NO3. The molecule has 2 N–H and O–H groups in total. The fraction of sp³-hybridized carbons (Fsp3) is 0.467. The van der Waals surface area contributed by atoms with Crippen molar-refractivity contribution < 1.29 is 14.7 Å². The molecule has 0 bridgehead atoms. The van der Waals surface area contributed by atoms with E-state index in [0.29, 0.717) is 29.3 Å². The van der Waals surface area contributed by atoms with Crippen LogP contribution in [-0.4, -0.2) is 17.0 Å². The van der Waals surface area contributed by atoms with Gasteiger partial charge in [0.05, 0.1) is 12.0 Å². The van der Waals surface area contributed by atoms with Gasteiger partial charge in [-0.15, -0.1) is 0 Å². The molecule has 4 nitrogen and oxygen atoms in total. The number of carbonyl (C=O) groups excluding carboxylic acids is 1. The largest absolute Gasteiger partial charge is 0.481 e. The van der Waals surface area contributed by atoms with Crippen LogP contribution in [0.15, 0.2) is 18.2 Å². The van der Waals surface area contributed by atoms with Crippen molar-refractivity contribution in [3.8, 4) is 0 Å². The van der Waals surface area contributed by atoms with E-state index in [1.807, 2.05) is 6.92 Å². The van der Waals surface area contributed by atoms with Gasteiger partial charge in [-0.3, -0.25) is 9.59 Å². The Morgan fingerprint density at radius 3 is 2.52 bits per heavy atom. The summed E-state index contributed by atoms with van der Waals surface area (Å²) >= 11 is 12.0. The number of nitrogens with one attached hydrogen (secondary N) is 1. The Morgan fingerprint density at radius 2 is 1.95 bits per heavy atom. The number of carbonyl (C=O) groups is 2. The van der Waals surface area contributed by atoms with Gasteiger partial charge in [-0.2, -0.15) is 0 Å². The van der Waals surface area contributed by atoms with Gasteiger partial charge in [-0.25, -0.2) is 0 Å². The molecule has 1 fully saturated rings. The van der Waals surface area contributed by atoms with Crippen LogP contribution in [0, 0.1) is 11.8 Å². The van der Waals surface area contributed by atoms with Crippen LogP contribution < -0.4 is 5.32 Å². The monoisotopic (exact) mass is 329 g/mol. The van der Waals surface area contributed by atoms with E-state index in [0.717, 1.165) is 5.56 Å². The number of halogens is 2. The third-order valence-electron chi connectivity index (χ3n) is 3.94. The molecule has 2 rings (SSSR count). The van der Waals surface area contributed by atoms with Crippen molar-refractivity contribution in [1.82, 2.24) is 5.32 Å². The quantitative estimate of drug-likeness (QED) is 0.885. The third kappa shape index (κ3) is 3.89. The second kappa shape index (κ2) is 6.67. The molecule has 0 heterocycles. The minimum Gasteiger partial charge on any atom is -0.481 e. The number of amides is 1. The fourth-order valence-corrected chi connectivity index (χ4v) is 3.28. The van der Waals surface area contributed by atoms with Crippen molar-refractivity contribution in [2.75, 3.05) is 0 Å². The maximum atomic E-state index is 12.2. The predicted molar refractivity (Wildman–Crippen MR) is 81.5 cm³/mol. The average Bonchev–Trinajstić information content (AvgIpc) is 2.88. The molecule has 114 valence electrons. The standard InChI is InChI=1S/C15H17Cl2NO3/c1-8(12-5-4-11(16)7-13(12)17)18-14(19)9-2-3-10(6-9)15(20)21/h4-5,7-10H,2-3,6H2,1H3,(H,18,19)(H,20,21). The number of carboxylic acids is 1. The summed E-state index contributed by atoms with van der Waals surface area (Å²) in [5.74, 6) is -1.58. The predicted octanol–water partition coefficient (Wildman–Crippen LogP) is 3.67. The smallest absolute Gasteiger partial charge is 0.306 e. The fourth-order valence-electron chi connectivity index (χ4n) is 2.71. The minimum atomic E-state index is -0.820. The number of hydrogen-bond acceptors (Lipinski definition) is 2. The molecule has 0 aliphatic heterocycles. The molecule has 0 spiro atoms. The summed E-state index contributed by atoms with van der Waals surface area (Å²) in [5.41, 5.74) is 0.794. The number of rotatable bonds is 4. The van der Waals surface area contributed by atoms with Gasteiger partial charge in [0.1, 0.15) is 0 Å². The van der Waals surface area contributed by atoms with E-state index >= 15 is 0 Å². The first-order valence-electron chi connectivity index (χ1n) is 6.86.